The fraction of sp³-hybridized carbons (Fsp3) is 0.273. The molecule has 1 saturated heterocycles. The van der Waals surface area contributed by atoms with Gasteiger partial charge in [-0.2, -0.15) is 0 Å². The Kier molecular flexibility index (Phi) is 6.56. The molecule has 0 aliphatic carbocycles. The monoisotopic (exact) mass is 426 g/mol. The fourth-order valence-corrected chi connectivity index (χ4v) is 4.31. The minimum Gasteiger partial charge on any atom is -0.439 e. The summed E-state index contributed by atoms with van der Waals surface area (Å²) in [5, 5.41) is 7.84. The third-order valence-corrected chi connectivity index (χ3v) is 5.91. The van der Waals surface area contributed by atoms with Crippen molar-refractivity contribution in [2.75, 3.05) is 25.0 Å². The van der Waals surface area contributed by atoms with Crippen molar-refractivity contribution < 1.29 is 13.9 Å². The molecular formula is C22H23FN4O2S. The number of thiophene rings is 1. The SMILES string of the molecule is O=C(NCC(c1cccs1)N1CCCC1)Nc1ccc(Oc2ccc(F)cc2)nc1. The van der Waals surface area contributed by atoms with E-state index in [1.807, 2.05) is 6.07 Å². The Morgan fingerprint density at radius 3 is 2.63 bits per heavy atom. The van der Waals surface area contributed by atoms with Crippen LogP contribution in [0.3, 0.4) is 0 Å². The molecule has 1 aliphatic heterocycles. The van der Waals surface area contributed by atoms with Crippen LogP contribution in [-0.2, 0) is 0 Å². The van der Waals surface area contributed by atoms with Crippen LogP contribution >= 0.6 is 11.3 Å². The molecule has 4 rings (SSSR count). The first-order valence-electron chi connectivity index (χ1n) is 9.89. The number of amides is 2. The van der Waals surface area contributed by atoms with E-state index in [4.69, 9.17) is 4.74 Å². The van der Waals surface area contributed by atoms with Crippen molar-refractivity contribution in [1.82, 2.24) is 15.2 Å². The van der Waals surface area contributed by atoms with E-state index in [0.717, 1.165) is 13.1 Å². The van der Waals surface area contributed by atoms with Gasteiger partial charge in [-0.1, -0.05) is 6.07 Å². The molecule has 3 aromatic rings. The molecule has 2 amide bonds. The second-order valence-corrected chi connectivity index (χ2v) is 8.03. The number of benzene rings is 1. The van der Waals surface area contributed by atoms with Crippen molar-refractivity contribution in [1.29, 1.82) is 0 Å². The van der Waals surface area contributed by atoms with Gasteiger partial charge >= 0.3 is 6.03 Å². The first kappa shape index (κ1) is 20.3. The Morgan fingerprint density at radius 1 is 1.17 bits per heavy atom. The zero-order valence-corrected chi connectivity index (χ0v) is 17.2. The Morgan fingerprint density at radius 2 is 1.97 bits per heavy atom. The van der Waals surface area contributed by atoms with E-state index >= 15 is 0 Å². The highest BCUT2D eigenvalue weighted by Gasteiger charge is 2.24. The number of aromatic nitrogens is 1. The van der Waals surface area contributed by atoms with Crippen molar-refractivity contribution in [2.24, 2.45) is 0 Å². The number of pyridine rings is 1. The van der Waals surface area contributed by atoms with Crippen LogP contribution in [-0.4, -0.2) is 35.5 Å². The predicted molar refractivity (Wildman–Crippen MR) is 116 cm³/mol. The molecule has 2 aromatic heterocycles. The second-order valence-electron chi connectivity index (χ2n) is 7.05. The quantitative estimate of drug-likeness (QED) is 0.556. The minimum absolute atomic E-state index is 0.197. The van der Waals surface area contributed by atoms with Crippen LogP contribution < -0.4 is 15.4 Å². The zero-order valence-electron chi connectivity index (χ0n) is 16.4. The molecule has 30 heavy (non-hydrogen) atoms. The molecule has 2 N–H and O–H groups in total. The normalized spacial score (nSPS) is 15.0. The standard InChI is InChI=1S/C22H23FN4O2S/c23-16-5-8-18(9-6-16)29-21-10-7-17(14-24-21)26-22(28)25-15-19(20-4-3-13-30-20)27-11-1-2-12-27/h3-10,13-14,19H,1-2,11-12,15H2,(H2,25,26,28). The predicted octanol–water partition coefficient (Wildman–Crippen LogP) is 5.03. The van der Waals surface area contributed by atoms with Crippen LogP contribution in [0.15, 0.2) is 60.1 Å². The average molecular weight is 427 g/mol. The average Bonchev–Trinajstić information content (AvgIpc) is 3.46. The Bertz CT molecular complexity index is 942. The summed E-state index contributed by atoms with van der Waals surface area (Å²) in [5.41, 5.74) is 0.563. The number of halogens is 1. The Hall–Kier alpha value is -2.97. The van der Waals surface area contributed by atoms with Crippen molar-refractivity contribution in [3.8, 4) is 11.6 Å². The number of anilines is 1. The zero-order chi connectivity index (χ0) is 20.8. The number of ether oxygens (including phenoxy) is 1. The first-order valence-corrected chi connectivity index (χ1v) is 10.8. The summed E-state index contributed by atoms with van der Waals surface area (Å²) in [6, 6.07) is 13.2. The molecular weight excluding hydrogens is 403 g/mol. The number of hydrogen-bond donors (Lipinski definition) is 2. The third kappa shape index (κ3) is 5.34. The van der Waals surface area contributed by atoms with E-state index in [-0.39, 0.29) is 17.9 Å². The summed E-state index contributed by atoms with van der Waals surface area (Å²) in [7, 11) is 0. The van der Waals surface area contributed by atoms with Crippen LogP contribution in [0.1, 0.15) is 23.8 Å². The van der Waals surface area contributed by atoms with Gasteiger partial charge in [0.05, 0.1) is 17.9 Å². The first-order chi connectivity index (χ1) is 14.7. The summed E-state index contributed by atoms with van der Waals surface area (Å²) in [6.07, 6.45) is 3.92. The van der Waals surface area contributed by atoms with Gasteiger partial charge in [-0.25, -0.2) is 14.2 Å². The number of hydrogen-bond acceptors (Lipinski definition) is 5. The van der Waals surface area contributed by atoms with Crippen LogP contribution in [0.2, 0.25) is 0 Å². The smallest absolute Gasteiger partial charge is 0.319 e. The lowest BCUT2D eigenvalue weighted by molar-refractivity contribution is 0.229. The lowest BCUT2D eigenvalue weighted by Gasteiger charge is -2.26. The van der Waals surface area contributed by atoms with E-state index in [9.17, 15) is 9.18 Å². The number of likely N-dealkylation sites (tertiary alicyclic amines) is 1. The maximum atomic E-state index is 13.0. The maximum absolute atomic E-state index is 13.0. The fourth-order valence-electron chi connectivity index (χ4n) is 3.45. The van der Waals surface area contributed by atoms with E-state index in [1.54, 1.807) is 23.5 Å². The van der Waals surface area contributed by atoms with Crippen molar-refractivity contribution >= 4 is 23.1 Å². The summed E-state index contributed by atoms with van der Waals surface area (Å²) < 4.78 is 18.5. The molecule has 3 heterocycles. The Labute approximate surface area is 178 Å². The number of urea groups is 1. The molecule has 156 valence electrons. The molecule has 8 heteroatoms. The van der Waals surface area contributed by atoms with Crippen LogP contribution in [0.25, 0.3) is 0 Å². The van der Waals surface area contributed by atoms with Gasteiger partial charge in [-0.3, -0.25) is 4.90 Å². The van der Waals surface area contributed by atoms with Crippen molar-refractivity contribution in [2.45, 2.75) is 18.9 Å². The van der Waals surface area contributed by atoms with Gasteiger partial charge < -0.3 is 15.4 Å². The maximum Gasteiger partial charge on any atom is 0.319 e. The van der Waals surface area contributed by atoms with Gasteiger partial charge in [-0.05, 0) is 67.7 Å². The minimum atomic E-state index is -0.327. The Balaban J connectivity index is 1.30. The van der Waals surface area contributed by atoms with Crippen molar-refractivity contribution in [3.63, 3.8) is 0 Å². The number of rotatable bonds is 7. The topological polar surface area (TPSA) is 66.5 Å². The summed E-state index contributed by atoms with van der Waals surface area (Å²) in [6.45, 7) is 2.67. The largest absolute Gasteiger partial charge is 0.439 e. The number of nitrogens with zero attached hydrogens (tertiary/aromatic N) is 2. The molecule has 1 atom stereocenters. The number of nitrogens with one attached hydrogen (secondary N) is 2. The second kappa shape index (κ2) is 9.69. The highest BCUT2D eigenvalue weighted by Crippen LogP contribution is 2.28. The molecule has 6 nitrogen and oxygen atoms in total. The number of carbonyl (C=O) groups excluding carboxylic acids is 1. The molecule has 0 spiro atoms. The van der Waals surface area contributed by atoms with Crippen LogP contribution in [0.4, 0.5) is 14.9 Å². The lowest BCUT2D eigenvalue weighted by atomic mass is 10.2. The van der Waals surface area contributed by atoms with Gasteiger partial charge in [0.2, 0.25) is 5.88 Å². The summed E-state index contributed by atoms with van der Waals surface area (Å²) in [4.78, 5) is 20.3. The molecule has 1 aliphatic rings. The molecule has 1 unspecified atom stereocenters. The lowest BCUT2D eigenvalue weighted by Crippen LogP contribution is -2.38. The van der Waals surface area contributed by atoms with Gasteiger partial charge in [0.15, 0.2) is 0 Å². The van der Waals surface area contributed by atoms with E-state index in [1.165, 1.54) is 48.2 Å². The van der Waals surface area contributed by atoms with E-state index in [0.29, 0.717) is 23.9 Å². The highest BCUT2D eigenvalue weighted by atomic mass is 32.1. The molecule has 1 aromatic carbocycles. The van der Waals surface area contributed by atoms with Crippen LogP contribution in [0.5, 0.6) is 11.6 Å². The van der Waals surface area contributed by atoms with Crippen LogP contribution in [0, 0.1) is 5.82 Å². The molecule has 1 fully saturated rings. The van der Waals surface area contributed by atoms with E-state index < -0.39 is 0 Å². The van der Waals surface area contributed by atoms with E-state index in [2.05, 4.69) is 32.0 Å². The van der Waals surface area contributed by atoms with Crippen molar-refractivity contribution in [3.05, 3.63) is 70.8 Å². The van der Waals surface area contributed by atoms with Gasteiger partial charge in [0.25, 0.3) is 0 Å². The van der Waals surface area contributed by atoms with Gasteiger partial charge in [0.1, 0.15) is 11.6 Å². The molecule has 0 saturated carbocycles. The third-order valence-electron chi connectivity index (χ3n) is 4.94. The molecule has 0 bridgehead atoms. The van der Waals surface area contributed by atoms with Gasteiger partial charge in [0, 0.05) is 17.5 Å². The molecule has 0 radical (unpaired) electrons. The van der Waals surface area contributed by atoms with Gasteiger partial charge in [-0.15, -0.1) is 11.3 Å². The highest BCUT2D eigenvalue weighted by molar-refractivity contribution is 7.10. The summed E-state index contributed by atoms with van der Waals surface area (Å²) in [5.74, 6) is 0.523. The summed E-state index contributed by atoms with van der Waals surface area (Å²) >= 11 is 1.72. The number of carbonyl (C=O) groups is 1.